The zero-order chi connectivity index (χ0) is 13.5. The summed E-state index contributed by atoms with van der Waals surface area (Å²) in [5, 5.41) is 2.69. The lowest BCUT2D eigenvalue weighted by molar-refractivity contribution is -0.148. The van der Waals surface area contributed by atoms with Gasteiger partial charge in [0.25, 0.3) is 0 Å². The first-order chi connectivity index (χ1) is 8.56. The molecule has 1 saturated heterocycles. The third-order valence-corrected chi connectivity index (χ3v) is 3.16. The summed E-state index contributed by atoms with van der Waals surface area (Å²) in [4.78, 5) is 25.2. The minimum atomic E-state index is -1.23. The lowest BCUT2D eigenvalue weighted by Gasteiger charge is -2.24. The van der Waals surface area contributed by atoms with Crippen LogP contribution in [0.5, 0.6) is 0 Å². The molecule has 1 heterocycles. The van der Waals surface area contributed by atoms with Crippen LogP contribution in [0.2, 0.25) is 0 Å². The molecule has 1 amide bonds. The van der Waals surface area contributed by atoms with Gasteiger partial charge in [-0.05, 0) is 39.8 Å². The maximum atomic E-state index is 11.6. The monoisotopic (exact) mass is 257 g/mol. The summed E-state index contributed by atoms with van der Waals surface area (Å²) in [6.45, 7) is 6.61. The van der Waals surface area contributed by atoms with Crippen LogP contribution in [-0.4, -0.2) is 55.1 Å². The van der Waals surface area contributed by atoms with Crippen molar-refractivity contribution in [3.05, 3.63) is 0 Å². The lowest BCUT2D eigenvalue weighted by Crippen LogP contribution is -2.50. The van der Waals surface area contributed by atoms with E-state index in [2.05, 4.69) is 17.1 Å². The second kappa shape index (κ2) is 7.33. The molecule has 18 heavy (non-hydrogen) atoms. The van der Waals surface area contributed by atoms with E-state index >= 15 is 0 Å². The predicted molar refractivity (Wildman–Crippen MR) is 67.9 cm³/mol. The molecule has 1 rings (SSSR count). The van der Waals surface area contributed by atoms with Gasteiger partial charge < -0.3 is 15.8 Å². The summed E-state index contributed by atoms with van der Waals surface area (Å²) >= 11 is 0. The minimum absolute atomic E-state index is 0.226. The summed E-state index contributed by atoms with van der Waals surface area (Å²) in [6, 6.07) is -0.957. The average molecular weight is 257 g/mol. The second-order valence-electron chi connectivity index (χ2n) is 4.57. The highest BCUT2D eigenvalue weighted by Crippen LogP contribution is 2.10. The van der Waals surface area contributed by atoms with Gasteiger partial charge in [-0.2, -0.15) is 0 Å². The number of nitrogens with two attached hydrogens (primary N) is 1. The van der Waals surface area contributed by atoms with Crippen molar-refractivity contribution >= 4 is 11.9 Å². The van der Waals surface area contributed by atoms with Crippen molar-refractivity contribution in [3.63, 3.8) is 0 Å². The molecule has 1 aliphatic heterocycles. The molecular weight excluding hydrogens is 234 g/mol. The van der Waals surface area contributed by atoms with Gasteiger partial charge in [0.2, 0.25) is 5.91 Å². The van der Waals surface area contributed by atoms with E-state index < -0.39 is 17.9 Å². The fourth-order valence-electron chi connectivity index (χ4n) is 2.01. The third kappa shape index (κ3) is 4.27. The molecule has 0 aromatic carbocycles. The van der Waals surface area contributed by atoms with Gasteiger partial charge >= 0.3 is 5.97 Å². The molecule has 0 spiro atoms. The van der Waals surface area contributed by atoms with E-state index in [1.54, 1.807) is 6.92 Å². The SMILES string of the molecule is CCOC(=O)C(N)C(=O)NCC(C)N1CCCC1. The van der Waals surface area contributed by atoms with Gasteiger partial charge in [0, 0.05) is 12.6 Å². The largest absolute Gasteiger partial charge is 0.464 e. The number of esters is 1. The molecule has 3 N–H and O–H groups in total. The van der Waals surface area contributed by atoms with Gasteiger partial charge in [-0.1, -0.05) is 0 Å². The van der Waals surface area contributed by atoms with Crippen molar-refractivity contribution in [1.82, 2.24) is 10.2 Å². The molecule has 0 saturated carbocycles. The van der Waals surface area contributed by atoms with E-state index in [0.717, 1.165) is 13.1 Å². The zero-order valence-electron chi connectivity index (χ0n) is 11.1. The van der Waals surface area contributed by atoms with E-state index in [0.29, 0.717) is 6.54 Å². The number of nitrogens with zero attached hydrogens (tertiary/aromatic N) is 1. The van der Waals surface area contributed by atoms with Crippen LogP contribution in [-0.2, 0) is 14.3 Å². The molecule has 0 bridgehead atoms. The van der Waals surface area contributed by atoms with Gasteiger partial charge in [-0.3, -0.25) is 9.69 Å². The van der Waals surface area contributed by atoms with Crippen molar-refractivity contribution < 1.29 is 14.3 Å². The van der Waals surface area contributed by atoms with E-state index in [1.165, 1.54) is 12.8 Å². The zero-order valence-corrected chi connectivity index (χ0v) is 11.1. The average Bonchev–Trinajstić information content (AvgIpc) is 2.88. The Balaban J connectivity index is 2.29. The molecule has 1 fully saturated rings. The molecule has 2 atom stereocenters. The van der Waals surface area contributed by atoms with E-state index in [9.17, 15) is 9.59 Å². The number of nitrogens with one attached hydrogen (secondary N) is 1. The first kappa shape index (κ1) is 14.9. The lowest BCUT2D eigenvalue weighted by atomic mass is 10.2. The Hall–Kier alpha value is -1.14. The highest BCUT2D eigenvalue weighted by molar-refractivity contribution is 6.01. The van der Waals surface area contributed by atoms with Gasteiger partial charge in [0.1, 0.15) is 0 Å². The number of ether oxygens (including phenoxy) is 1. The van der Waals surface area contributed by atoms with Crippen LogP contribution in [0.25, 0.3) is 0 Å². The number of carbonyl (C=O) groups is 2. The van der Waals surface area contributed by atoms with Crippen LogP contribution in [0.1, 0.15) is 26.7 Å². The summed E-state index contributed by atoms with van der Waals surface area (Å²) in [5.74, 6) is -1.15. The van der Waals surface area contributed by atoms with Gasteiger partial charge in [-0.15, -0.1) is 0 Å². The highest BCUT2D eigenvalue weighted by Gasteiger charge is 2.24. The molecular formula is C12H23N3O3. The number of hydrogen-bond donors (Lipinski definition) is 2. The first-order valence-electron chi connectivity index (χ1n) is 6.50. The molecule has 6 heteroatoms. The van der Waals surface area contributed by atoms with E-state index in [-0.39, 0.29) is 12.6 Å². The maximum Gasteiger partial charge on any atom is 0.332 e. The molecule has 0 aromatic rings. The Kier molecular flexibility index (Phi) is 6.07. The molecule has 104 valence electrons. The molecule has 0 aliphatic carbocycles. The Morgan fingerprint density at radius 1 is 1.39 bits per heavy atom. The quantitative estimate of drug-likeness (QED) is 0.494. The second-order valence-corrected chi connectivity index (χ2v) is 4.57. The molecule has 0 radical (unpaired) electrons. The van der Waals surface area contributed by atoms with E-state index in [4.69, 9.17) is 10.5 Å². The molecule has 2 unspecified atom stereocenters. The Bertz CT molecular complexity index is 290. The molecule has 0 aromatic heterocycles. The number of rotatable bonds is 6. The molecule has 6 nitrogen and oxygen atoms in total. The van der Waals surface area contributed by atoms with Gasteiger partial charge in [0.15, 0.2) is 6.04 Å². The van der Waals surface area contributed by atoms with Gasteiger partial charge in [0.05, 0.1) is 6.61 Å². The van der Waals surface area contributed by atoms with Crippen LogP contribution in [0.3, 0.4) is 0 Å². The molecule has 1 aliphatic rings. The standard InChI is InChI=1S/C12H23N3O3/c1-3-18-12(17)10(13)11(16)14-8-9(2)15-6-4-5-7-15/h9-10H,3-8,13H2,1-2H3,(H,14,16). The summed E-state index contributed by atoms with van der Waals surface area (Å²) < 4.78 is 4.70. The fraction of sp³-hybridized carbons (Fsp3) is 0.833. The van der Waals surface area contributed by atoms with E-state index in [1.807, 2.05) is 0 Å². The number of likely N-dealkylation sites (tertiary alicyclic amines) is 1. The van der Waals surface area contributed by atoms with Crippen molar-refractivity contribution in [3.8, 4) is 0 Å². The summed E-state index contributed by atoms with van der Waals surface area (Å²) in [5.41, 5.74) is 5.49. The number of carbonyl (C=O) groups excluding carboxylic acids is 2. The third-order valence-electron chi connectivity index (χ3n) is 3.16. The first-order valence-corrected chi connectivity index (χ1v) is 6.50. The maximum absolute atomic E-state index is 11.6. The normalized spacial score (nSPS) is 19.3. The smallest absolute Gasteiger partial charge is 0.332 e. The Morgan fingerprint density at radius 3 is 2.56 bits per heavy atom. The van der Waals surface area contributed by atoms with Crippen LogP contribution in [0, 0.1) is 0 Å². The van der Waals surface area contributed by atoms with Crippen LogP contribution in [0.15, 0.2) is 0 Å². The number of amides is 1. The van der Waals surface area contributed by atoms with Crippen LogP contribution >= 0.6 is 0 Å². The minimum Gasteiger partial charge on any atom is -0.464 e. The van der Waals surface area contributed by atoms with Gasteiger partial charge in [-0.25, -0.2) is 4.79 Å². The van der Waals surface area contributed by atoms with Crippen molar-refractivity contribution in [1.29, 1.82) is 0 Å². The Morgan fingerprint density at radius 2 is 2.00 bits per heavy atom. The van der Waals surface area contributed by atoms with Crippen molar-refractivity contribution in [2.75, 3.05) is 26.2 Å². The fourth-order valence-corrected chi connectivity index (χ4v) is 2.01. The predicted octanol–water partition coefficient (Wildman–Crippen LogP) is -0.523. The van der Waals surface area contributed by atoms with Crippen LogP contribution < -0.4 is 11.1 Å². The van der Waals surface area contributed by atoms with Crippen molar-refractivity contribution in [2.45, 2.75) is 38.8 Å². The summed E-state index contributed by atoms with van der Waals surface area (Å²) in [7, 11) is 0. The van der Waals surface area contributed by atoms with Crippen LogP contribution in [0.4, 0.5) is 0 Å². The Labute approximate surface area is 108 Å². The van der Waals surface area contributed by atoms with Crippen molar-refractivity contribution in [2.24, 2.45) is 5.73 Å². The number of hydrogen-bond acceptors (Lipinski definition) is 5. The summed E-state index contributed by atoms with van der Waals surface area (Å²) in [6.07, 6.45) is 2.42. The highest BCUT2D eigenvalue weighted by atomic mass is 16.5. The topological polar surface area (TPSA) is 84.7 Å².